The van der Waals surface area contributed by atoms with Crippen molar-refractivity contribution in [2.75, 3.05) is 33.3 Å². The van der Waals surface area contributed by atoms with Crippen LogP contribution in [0.3, 0.4) is 0 Å². The molecule has 0 radical (unpaired) electrons. The monoisotopic (exact) mass is 1160 g/mol. The Morgan fingerprint density at radius 1 is 0.780 bits per heavy atom. The summed E-state index contributed by atoms with van der Waals surface area (Å²) in [5, 5.41) is 93.4. The molecule has 1 aliphatic carbocycles. The molecule has 1 saturated carbocycles. The molecule has 6 amide bonds. The normalized spacial score (nSPS) is 26.2. The van der Waals surface area contributed by atoms with Crippen molar-refractivity contribution >= 4 is 47.6 Å². The first kappa shape index (κ1) is 65.3. The summed E-state index contributed by atoms with van der Waals surface area (Å²) < 4.78 is 40.6. The molecule has 0 bridgehead atoms. The maximum absolute atomic E-state index is 14.0. The summed E-state index contributed by atoms with van der Waals surface area (Å²) in [6.45, 7) is 8.07. The molecule has 2 unspecified atom stereocenters. The predicted octanol–water partition coefficient (Wildman–Crippen LogP) is 0.342. The zero-order valence-electron chi connectivity index (χ0n) is 46.4. The topological polar surface area (TPSA) is 444 Å². The first-order chi connectivity index (χ1) is 38.2. The van der Waals surface area contributed by atoms with E-state index in [9.17, 15) is 74.5 Å². The van der Waals surface area contributed by atoms with Gasteiger partial charge in [-0.05, 0) is 103 Å². The Morgan fingerprint density at radius 2 is 1.32 bits per heavy atom. The average Bonchev–Trinajstić information content (AvgIpc) is 3.30. The highest BCUT2D eigenvalue weighted by Gasteiger charge is 2.56. The van der Waals surface area contributed by atoms with Gasteiger partial charge < -0.3 is 95.9 Å². The van der Waals surface area contributed by atoms with E-state index in [4.69, 9.17) is 38.9 Å². The van der Waals surface area contributed by atoms with Crippen molar-refractivity contribution in [1.82, 2.24) is 31.5 Å². The lowest BCUT2D eigenvalue weighted by atomic mass is 9.72. The molecule has 0 spiro atoms. The standard InChI is InChI=1S/C51H73N9O22/c1-49(2,3)81-45(67)54-22-35(62)43(66)55-33-19-32(57-47(69)77-24-27-11-15-29(16-12-27)60(74)75)36(37(63)40(33)80-44-38(64)41(51(7,71)25-78-44)58(8)48(70)82-50(4,5)6)39-31(18-17-30(79-39)20-53-21-34(61)42(52)65)56-46(68)76-23-26-9-13-28(14-10-26)59(72)73/h9-17,31-41,44,53,61-64,71H,18-25H2,1-8H3,(H2,52,65)(H,54,67)(H,55,66)(H,56,68)(H,57,69)/t31-,32+,33-,34?,35+,36-,37+,38-,39?,40+,41-,44-,51+/m1/s1. The number of rotatable bonds is 21. The van der Waals surface area contributed by atoms with Gasteiger partial charge in [0.15, 0.2) is 6.29 Å². The van der Waals surface area contributed by atoms with Gasteiger partial charge in [0.05, 0.1) is 53.8 Å². The van der Waals surface area contributed by atoms with Gasteiger partial charge in [-0.3, -0.25) is 29.8 Å². The number of alkyl carbamates (subject to hydrolysis) is 3. The summed E-state index contributed by atoms with van der Waals surface area (Å²) in [5.41, 5.74) is 1.47. The van der Waals surface area contributed by atoms with Crippen molar-refractivity contribution in [3.8, 4) is 0 Å². The Bertz CT molecular complexity index is 2610. The summed E-state index contributed by atoms with van der Waals surface area (Å²) in [5.74, 6) is -3.64. The van der Waals surface area contributed by atoms with Crippen molar-refractivity contribution < 1.29 is 97.3 Å². The quantitative estimate of drug-likeness (QED) is 0.0456. The van der Waals surface area contributed by atoms with Crippen LogP contribution in [0.1, 0.15) is 72.4 Å². The Kier molecular flexibility index (Phi) is 22.3. The molecular formula is C51H73N9O22. The van der Waals surface area contributed by atoms with E-state index in [2.05, 4.69) is 26.6 Å². The van der Waals surface area contributed by atoms with Crippen molar-refractivity contribution in [1.29, 1.82) is 0 Å². The van der Waals surface area contributed by atoms with Crippen LogP contribution in [0, 0.1) is 26.1 Å². The highest BCUT2D eigenvalue weighted by Crippen LogP contribution is 2.39. The molecule has 0 aromatic heterocycles. The van der Waals surface area contributed by atoms with Gasteiger partial charge in [-0.25, -0.2) is 19.2 Å². The van der Waals surface area contributed by atoms with Gasteiger partial charge in [-0.2, -0.15) is 0 Å². The Hall–Kier alpha value is -7.52. The Morgan fingerprint density at radius 3 is 1.83 bits per heavy atom. The lowest BCUT2D eigenvalue weighted by molar-refractivity contribution is -0.385. The first-order valence-corrected chi connectivity index (χ1v) is 25.9. The van der Waals surface area contributed by atoms with Gasteiger partial charge in [-0.15, -0.1) is 0 Å². The lowest BCUT2D eigenvalue weighted by Gasteiger charge is -2.52. The number of nitrogens with one attached hydrogen (secondary N) is 5. The van der Waals surface area contributed by atoms with Crippen LogP contribution in [-0.2, 0) is 56.0 Å². The van der Waals surface area contributed by atoms with Gasteiger partial charge in [0, 0.05) is 49.8 Å². The smallest absolute Gasteiger partial charge is 0.410 e. The maximum atomic E-state index is 14.0. The van der Waals surface area contributed by atoms with Crippen molar-refractivity contribution in [2.24, 2.45) is 11.7 Å². The van der Waals surface area contributed by atoms with E-state index in [1.807, 2.05) is 0 Å². The molecule has 12 N–H and O–H groups in total. The Labute approximate surface area is 470 Å². The number of nitrogens with zero attached hydrogens (tertiary/aromatic N) is 3. The molecule has 2 heterocycles. The van der Waals surface area contributed by atoms with Gasteiger partial charge in [0.2, 0.25) is 5.91 Å². The van der Waals surface area contributed by atoms with Crippen LogP contribution >= 0.6 is 0 Å². The van der Waals surface area contributed by atoms with E-state index in [1.165, 1.54) is 68.6 Å². The minimum absolute atomic E-state index is 0.0976. The molecule has 2 aromatic rings. The second kappa shape index (κ2) is 28.0. The largest absolute Gasteiger partial charge is 0.491 e. The molecule has 1 saturated heterocycles. The lowest BCUT2D eigenvalue weighted by Crippen LogP contribution is -2.71. The van der Waals surface area contributed by atoms with Crippen LogP contribution in [-0.4, -0.2) is 194 Å². The summed E-state index contributed by atoms with van der Waals surface area (Å²) in [7, 11) is 1.25. The number of nitro benzene ring substituents is 2. The van der Waals surface area contributed by atoms with Crippen molar-refractivity contribution in [2.45, 2.75) is 158 Å². The number of amides is 6. The molecule has 2 fully saturated rings. The zero-order valence-corrected chi connectivity index (χ0v) is 46.4. The number of benzene rings is 2. The minimum Gasteiger partial charge on any atom is -0.491 e. The van der Waals surface area contributed by atoms with Crippen molar-refractivity contribution in [3.63, 3.8) is 0 Å². The molecule has 2 aromatic carbocycles. The number of aliphatic hydroxyl groups excluding tert-OH is 4. The summed E-state index contributed by atoms with van der Waals surface area (Å²) in [4.78, 5) is 102. The molecule has 2 aliphatic heterocycles. The fourth-order valence-electron chi connectivity index (χ4n) is 9.18. The number of non-ortho nitro benzene ring substituents is 2. The molecule has 31 nitrogen and oxygen atoms in total. The Balaban J connectivity index is 1.58. The highest BCUT2D eigenvalue weighted by molar-refractivity contribution is 5.82. The first-order valence-electron chi connectivity index (χ1n) is 25.9. The molecule has 31 heteroatoms. The van der Waals surface area contributed by atoms with Gasteiger partial charge in [0.1, 0.15) is 66.3 Å². The number of hydrogen-bond donors (Lipinski definition) is 11. The third-order valence-electron chi connectivity index (χ3n) is 13.0. The van der Waals surface area contributed by atoms with Crippen LogP contribution in [0.25, 0.3) is 0 Å². The summed E-state index contributed by atoms with van der Waals surface area (Å²) in [6.07, 6.45) is -16.1. The van der Waals surface area contributed by atoms with E-state index < -0.39 is 162 Å². The number of nitrogens with two attached hydrogens (primary N) is 1. The third-order valence-corrected chi connectivity index (χ3v) is 13.0. The number of hydrogen-bond acceptors (Lipinski definition) is 23. The average molecular weight is 1160 g/mol. The number of primary amides is 1. The van der Waals surface area contributed by atoms with E-state index in [1.54, 1.807) is 41.5 Å². The maximum Gasteiger partial charge on any atom is 0.410 e. The fourth-order valence-corrected chi connectivity index (χ4v) is 9.18. The zero-order chi connectivity index (χ0) is 61.0. The number of nitro groups is 2. The van der Waals surface area contributed by atoms with E-state index in [0.717, 1.165) is 4.90 Å². The molecule has 82 heavy (non-hydrogen) atoms. The SMILES string of the molecule is CN(C(=O)OC(C)(C)C)[C@@H]1[C@@H](O)[C@@H](O[C@@H]2[C@@H](O)[C@H](C3OC(CNCC(O)C(N)=O)=CC[C@H]3NC(=O)OCc3ccc([N+](=O)[O-])cc3)[C@@H](NC(=O)OCc3ccc([N+](=O)[O-])cc3)C[C@H]2NC(=O)[C@@H](O)CNC(=O)OC(C)(C)C)OC[C@]1(C)O. The molecular weight excluding hydrogens is 1090 g/mol. The van der Waals surface area contributed by atoms with Crippen molar-refractivity contribution in [3.05, 3.63) is 91.7 Å². The fraction of sp³-hybridized carbons (Fsp3) is 0.608. The van der Waals surface area contributed by atoms with E-state index in [-0.39, 0.29) is 43.3 Å². The molecule has 5 rings (SSSR count). The summed E-state index contributed by atoms with van der Waals surface area (Å²) >= 11 is 0. The van der Waals surface area contributed by atoms with Gasteiger partial charge in [-0.1, -0.05) is 0 Å². The second-order valence-corrected chi connectivity index (χ2v) is 22.0. The predicted molar refractivity (Wildman–Crippen MR) is 281 cm³/mol. The third kappa shape index (κ3) is 18.8. The molecule has 3 aliphatic rings. The highest BCUT2D eigenvalue weighted by atomic mass is 16.7. The summed E-state index contributed by atoms with van der Waals surface area (Å²) in [6, 6.07) is 4.45. The van der Waals surface area contributed by atoms with E-state index in [0.29, 0.717) is 11.1 Å². The number of ether oxygens (including phenoxy) is 7. The van der Waals surface area contributed by atoms with E-state index >= 15 is 0 Å². The number of aliphatic hydroxyl groups is 5. The molecule has 454 valence electrons. The van der Waals surface area contributed by atoms with Crippen LogP contribution in [0.2, 0.25) is 0 Å². The van der Waals surface area contributed by atoms with Gasteiger partial charge in [0.25, 0.3) is 17.3 Å². The van der Waals surface area contributed by atoms with Gasteiger partial charge >= 0.3 is 24.4 Å². The molecule has 13 atom stereocenters. The minimum atomic E-state index is -2.04. The van der Waals surface area contributed by atoms with Crippen LogP contribution in [0.5, 0.6) is 0 Å². The number of likely N-dealkylation sites (N-methyl/N-ethyl adjacent to an activating group) is 1. The number of carbonyl (C=O) groups is 6. The number of carbonyl (C=O) groups excluding carboxylic acids is 6. The van der Waals surface area contributed by atoms with Crippen LogP contribution < -0.4 is 32.3 Å². The van der Waals surface area contributed by atoms with Crippen LogP contribution in [0.15, 0.2) is 60.4 Å². The van der Waals surface area contributed by atoms with Crippen LogP contribution in [0.4, 0.5) is 30.6 Å². The second-order valence-electron chi connectivity index (χ2n) is 22.0.